The molecule has 2 aliphatic rings. The predicted octanol–water partition coefficient (Wildman–Crippen LogP) is 1.35. The normalized spacial score (nSPS) is 23.7. The van der Waals surface area contributed by atoms with Crippen molar-refractivity contribution < 1.29 is 14.6 Å². The lowest BCUT2D eigenvalue weighted by atomic mass is 9.97. The maximum Gasteiger partial charge on any atom is 0.304 e. The van der Waals surface area contributed by atoms with Crippen LogP contribution in [-0.2, 0) is 16.1 Å². The first kappa shape index (κ1) is 14.5. The van der Waals surface area contributed by atoms with Crippen molar-refractivity contribution in [2.45, 2.75) is 19.1 Å². The molecule has 21 heavy (non-hydrogen) atoms. The van der Waals surface area contributed by atoms with Crippen molar-refractivity contribution in [1.29, 1.82) is 0 Å². The van der Waals surface area contributed by atoms with Gasteiger partial charge in [-0.15, -0.1) is 0 Å². The number of nitrogens with zero attached hydrogens (tertiary/aromatic N) is 2. The van der Waals surface area contributed by atoms with Crippen LogP contribution in [0.4, 0.5) is 0 Å². The van der Waals surface area contributed by atoms with Crippen molar-refractivity contribution in [2.24, 2.45) is 0 Å². The fraction of sp³-hybridized carbons (Fsp3) is 0.562. The average molecular weight is 290 g/mol. The van der Waals surface area contributed by atoms with Crippen molar-refractivity contribution >= 4 is 5.97 Å². The molecule has 1 N–H and O–H groups in total. The van der Waals surface area contributed by atoms with E-state index in [1.54, 1.807) is 0 Å². The minimum atomic E-state index is -0.716. The lowest BCUT2D eigenvalue weighted by Gasteiger charge is -2.41. The highest BCUT2D eigenvalue weighted by Crippen LogP contribution is 2.30. The van der Waals surface area contributed by atoms with E-state index >= 15 is 0 Å². The Hall–Kier alpha value is -1.43. The summed E-state index contributed by atoms with van der Waals surface area (Å²) in [6.45, 7) is 5.94. The van der Waals surface area contributed by atoms with Gasteiger partial charge in [0.25, 0.3) is 0 Å². The van der Waals surface area contributed by atoms with Gasteiger partial charge in [-0.2, -0.15) is 0 Å². The maximum absolute atomic E-state index is 10.6. The first-order valence-electron chi connectivity index (χ1n) is 7.58. The molecule has 1 saturated heterocycles. The molecule has 1 unspecified atom stereocenters. The van der Waals surface area contributed by atoms with Crippen molar-refractivity contribution in [2.75, 3.05) is 39.3 Å². The van der Waals surface area contributed by atoms with Gasteiger partial charge in [-0.1, -0.05) is 24.3 Å². The van der Waals surface area contributed by atoms with Crippen LogP contribution in [0.15, 0.2) is 24.3 Å². The number of piperazine rings is 1. The van der Waals surface area contributed by atoms with E-state index in [9.17, 15) is 4.79 Å². The Balaban J connectivity index is 1.59. The average Bonchev–Trinajstić information content (AvgIpc) is 2.53. The van der Waals surface area contributed by atoms with E-state index in [1.165, 1.54) is 11.1 Å². The number of rotatable bonds is 4. The molecule has 0 aromatic heterocycles. The molecule has 0 aliphatic carbocycles. The van der Waals surface area contributed by atoms with Crippen molar-refractivity contribution in [3.05, 3.63) is 35.4 Å². The van der Waals surface area contributed by atoms with E-state index in [-0.39, 0.29) is 6.42 Å². The molecule has 1 atom stereocenters. The number of carbonyl (C=O) groups is 1. The van der Waals surface area contributed by atoms with E-state index in [2.05, 4.69) is 34.1 Å². The van der Waals surface area contributed by atoms with Gasteiger partial charge in [0.2, 0.25) is 0 Å². The largest absolute Gasteiger partial charge is 0.481 e. The van der Waals surface area contributed by atoms with Gasteiger partial charge in [0.15, 0.2) is 0 Å². The Bertz CT molecular complexity index is 498. The number of carboxylic acid groups (broad SMARTS) is 1. The van der Waals surface area contributed by atoms with Crippen LogP contribution in [0.5, 0.6) is 0 Å². The summed E-state index contributed by atoms with van der Waals surface area (Å²) in [6, 6.07) is 8.86. The topological polar surface area (TPSA) is 53.0 Å². The molecule has 0 spiro atoms. The molecule has 0 radical (unpaired) electrons. The number of benzene rings is 1. The van der Waals surface area contributed by atoms with Crippen molar-refractivity contribution in [3.63, 3.8) is 0 Å². The van der Waals surface area contributed by atoms with Crippen LogP contribution in [0.25, 0.3) is 0 Å². The van der Waals surface area contributed by atoms with E-state index in [0.717, 1.165) is 32.8 Å². The molecule has 3 rings (SSSR count). The smallest absolute Gasteiger partial charge is 0.304 e. The van der Waals surface area contributed by atoms with Crippen molar-refractivity contribution in [1.82, 2.24) is 9.80 Å². The summed E-state index contributed by atoms with van der Waals surface area (Å²) >= 11 is 0. The number of carboxylic acids is 1. The standard InChI is InChI=1S/C16H22N2O3/c19-16(20)5-6-17-7-9-18(10-8-17)15-12-21-11-13-3-1-2-4-14(13)15/h1-4,15H,5-12H2,(H,19,20). The van der Waals surface area contributed by atoms with Crippen LogP contribution in [0.1, 0.15) is 23.6 Å². The van der Waals surface area contributed by atoms with Crippen LogP contribution in [0.3, 0.4) is 0 Å². The van der Waals surface area contributed by atoms with Gasteiger partial charge in [0.1, 0.15) is 0 Å². The zero-order valence-corrected chi connectivity index (χ0v) is 12.2. The monoisotopic (exact) mass is 290 g/mol. The van der Waals surface area contributed by atoms with Crippen LogP contribution >= 0.6 is 0 Å². The summed E-state index contributed by atoms with van der Waals surface area (Å²) in [6.07, 6.45) is 0.232. The Morgan fingerprint density at radius 3 is 2.76 bits per heavy atom. The van der Waals surface area contributed by atoms with Gasteiger partial charge in [0, 0.05) is 32.7 Å². The third-order valence-electron chi connectivity index (χ3n) is 4.44. The summed E-state index contributed by atoms with van der Waals surface area (Å²) in [5.41, 5.74) is 2.68. The SMILES string of the molecule is O=C(O)CCN1CCN(C2COCc3ccccc32)CC1. The Morgan fingerprint density at radius 1 is 1.24 bits per heavy atom. The summed E-state index contributed by atoms with van der Waals surface area (Å²) in [4.78, 5) is 15.3. The highest BCUT2D eigenvalue weighted by Gasteiger charge is 2.28. The predicted molar refractivity (Wildman–Crippen MR) is 79.1 cm³/mol. The minimum absolute atomic E-state index is 0.232. The van der Waals surface area contributed by atoms with Crippen LogP contribution < -0.4 is 0 Å². The molecule has 2 aliphatic heterocycles. The molecule has 0 amide bonds. The van der Waals surface area contributed by atoms with Gasteiger partial charge in [-0.3, -0.25) is 9.69 Å². The molecular weight excluding hydrogens is 268 g/mol. The Labute approximate surface area is 125 Å². The van der Waals surface area contributed by atoms with E-state index in [4.69, 9.17) is 9.84 Å². The second kappa shape index (κ2) is 6.56. The molecule has 1 aromatic carbocycles. The van der Waals surface area contributed by atoms with E-state index in [1.807, 2.05) is 0 Å². The lowest BCUT2D eigenvalue weighted by Crippen LogP contribution is -2.49. The van der Waals surface area contributed by atoms with Crippen LogP contribution in [-0.4, -0.2) is 60.2 Å². The van der Waals surface area contributed by atoms with Gasteiger partial charge >= 0.3 is 5.97 Å². The number of ether oxygens (including phenoxy) is 1. The van der Waals surface area contributed by atoms with Crippen molar-refractivity contribution in [3.8, 4) is 0 Å². The quantitative estimate of drug-likeness (QED) is 0.907. The van der Waals surface area contributed by atoms with Gasteiger partial charge in [-0.05, 0) is 11.1 Å². The van der Waals surface area contributed by atoms with Gasteiger partial charge in [0.05, 0.1) is 25.7 Å². The molecule has 2 heterocycles. The second-order valence-corrected chi connectivity index (χ2v) is 5.75. The molecule has 5 heteroatoms. The first-order chi connectivity index (χ1) is 10.2. The zero-order valence-electron chi connectivity index (χ0n) is 12.2. The van der Waals surface area contributed by atoms with Crippen LogP contribution in [0, 0.1) is 0 Å². The van der Waals surface area contributed by atoms with Crippen LogP contribution in [0.2, 0.25) is 0 Å². The minimum Gasteiger partial charge on any atom is -0.481 e. The summed E-state index contributed by atoms with van der Waals surface area (Å²) in [5.74, 6) is -0.716. The number of aliphatic carboxylic acids is 1. The summed E-state index contributed by atoms with van der Waals surface area (Å²) in [5, 5.41) is 8.76. The van der Waals surface area contributed by atoms with E-state index < -0.39 is 5.97 Å². The lowest BCUT2D eigenvalue weighted by molar-refractivity contribution is -0.137. The van der Waals surface area contributed by atoms with E-state index in [0.29, 0.717) is 19.2 Å². The fourth-order valence-electron chi connectivity index (χ4n) is 3.22. The zero-order chi connectivity index (χ0) is 14.7. The third kappa shape index (κ3) is 3.43. The molecule has 1 aromatic rings. The number of hydrogen-bond acceptors (Lipinski definition) is 4. The Morgan fingerprint density at radius 2 is 2.00 bits per heavy atom. The number of fused-ring (bicyclic) bond motifs is 1. The molecule has 114 valence electrons. The van der Waals surface area contributed by atoms with Gasteiger partial charge < -0.3 is 14.7 Å². The molecule has 0 saturated carbocycles. The summed E-state index contributed by atoms with van der Waals surface area (Å²) in [7, 11) is 0. The molecule has 0 bridgehead atoms. The highest BCUT2D eigenvalue weighted by atomic mass is 16.5. The molecular formula is C16H22N2O3. The fourth-order valence-corrected chi connectivity index (χ4v) is 3.22. The third-order valence-corrected chi connectivity index (χ3v) is 4.44. The number of hydrogen-bond donors (Lipinski definition) is 1. The van der Waals surface area contributed by atoms with Gasteiger partial charge in [-0.25, -0.2) is 0 Å². The first-order valence-corrected chi connectivity index (χ1v) is 7.58. The highest BCUT2D eigenvalue weighted by molar-refractivity contribution is 5.66. The maximum atomic E-state index is 10.6. The molecule has 1 fully saturated rings. The second-order valence-electron chi connectivity index (χ2n) is 5.75. The Kier molecular flexibility index (Phi) is 4.53. The summed E-state index contributed by atoms with van der Waals surface area (Å²) < 4.78 is 5.73. The molecule has 5 nitrogen and oxygen atoms in total.